The fourth-order valence-electron chi connectivity index (χ4n) is 3.01. The molecule has 0 spiro atoms. The Labute approximate surface area is 165 Å². The van der Waals surface area contributed by atoms with Crippen LogP contribution in [0.4, 0.5) is 0 Å². The maximum atomic E-state index is 12.5. The number of hydrogen-bond acceptors (Lipinski definition) is 5. The third-order valence-electron chi connectivity index (χ3n) is 4.37. The van der Waals surface area contributed by atoms with Gasteiger partial charge >= 0.3 is 5.97 Å². The van der Waals surface area contributed by atoms with Gasteiger partial charge in [-0.1, -0.05) is 19.9 Å². The standard InChI is InChI=1S/C20H26N2O5S/c1-5-10-22-14(3)11-18(15(22)4)19(23)13-27-20(24)16-8-7-9-17(12-16)28(25,26)21-6-2/h7-9,11-12,21H,5-6,10,13H2,1-4H3. The molecule has 0 saturated heterocycles. The summed E-state index contributed by atoms with van der Waals surface area (Å²) in [5, 5.41) is 0. The van der Waals surface area contributed by atoms with E-state index in [1.807, 2.05) is 13.8 Å². The van der Waals surface area contributed by atoms with Crippen molar-refractivity contribution in [3.8, 4) is 0 Å². The molecular weight excluding hydrogens is 380 g/mol. The lowest BCUT2D eigenvalue weighted by Gasteiger charge is -2.09. The summed E-state index contributed by atoms with van der Waals surface area (Å²) in [7, 11) is -3.68. The summed E-state index contributed by atoms with van der Waals surface area (Å²) in [6.07, 6.45) is 0.950. The van der Waals surface area contributed by atoms with E-state index in [0.717, 1.165) is 24.4 Å². The van der Waals surface area contributed by atoms with E-state index in [0.29, 0.717) is 5.56 Å². The van der Waals surface area contributed by atoms with Crippen molar-refractivity contribution in [1.82, 2.24) is 9.29 Å². The molecule has 8 heteroatoms. The van der Waals surface area contributed by atoms with Gasteiger partial charge in [-0.3, -0.25) is 4.79 Å². The summed E-state index contributed by atoms with van der Waals surface area (Å²) < 4.78 is 33.7. The number of carbonyl (C=O) groups excluding carboxylic acids is 2. The van der Waals surface area contributed by atoms with Crippen molar-refractivity contribution in [2.45, 2.75) is 45.6 Å². The minimum Gasteiger partial charge on any atom is -0.454 e. The van der Waals surface area contributed by atoms with E-state index in [-0.39, 0.29) is 22.8 Å². The normalized spacial score (nSPS) is 11.4. The molecule has 0 aliphatic carbocycles. The van der Waals surface area contributed by atoms with Gasteiger partial charge in [0, 0.05) is 30.0 Å². The van der Waals surface area contributed by atoms with E-state index in [2.05, 4.69) is 16.2 Å². The summed E-state index contributed by atoms with van der Waals surface area (Å²) in [6.45, 7) is 8.18. The molecule has 2 rings (SSSR count). The lowest BCUT2D eigenvalue weighted by Crippen LogP contribution is -2.23. The molecule has 0 unspecified atom stereocenters. The van der Waals surface area contributed by atoms with Gasteiger partial charge in [0.05, 0.1) is 10.5 Å². The number of benzene rings is 1. The zero-order valence-electron chi connectivity index (χ0n) is 16.6. The van der Waals surface area contributed by atoms with E-state index in [1.54, 1.807) is 13.0 Å². The molecule has 1 aromatic carbocycles. The number of nitrogens with zero attached hydrogens (tertiary/aromatic N) is 1. The Balaban J connectivity index is 2.11. The third-order valence-corrected chi connectivity index (χ3v) is 5.91. The highest BCUT2D eigenvalue weighted by molar-refractivity contribution is 7.89. The Hall–Kier alpha value is -2.45. The molecule has 7 nitrogen and oxygen atoms in total. The molecule has 0 aliphatic rings. The van der Waals surface area contributed by atoms with Crippen molar-refractivity contribution in [2.24, 2.45) is 0 Å². The highest BCUT2D eigenvalue weighted by Gasteiger charge is 2.19. The Kier molecular flexibility index (Phi) is 7.15. The zero-order chi connectivity index (χ0) is 20.9. The van der Waals surface area contributed by atoms with Gasteiger partial charge in [-0.2, -0.15) is 0 Å². The first-order valence-corrected chi connectivity index (χ1v) is 10.7. The van der Waals surface area contributed by atoms with E-state index in [4.69, 9.17) is 4.74 Å². The first-order chi connectivity index (χ1) is 13.2. The smallest absolute Gasteiger partial charge is 0.338 e. The van der Waals surface area contributed by atoms with Crippen molar-refractivity contribution in [2.75, 3.05) is 13.2 Å². The predicted molar refractivity (Wildman–Crippen MR) is 106 cm³/mol. The van der Waals surface area contributed by atoms with E-state index < -0.39 is 22.6 Å². The summed E-state index contributed by atoms with van der Waals surface area (Å²) in [4.78, 5) is 24.7. The van der Waals surface area contributed by atoms with Crippen molar-refractivity contribution >= 4 is 21.8 Å². The molecule has 1 heterocycles. The molecule has 0 radical (unpaired) electrons. The van der Waals surface area contributed by atoms with Gasteiger partial charge in [-0.25, -0.2) is 17.9 Å². The van der Waals surface area contributed by atoms with Crippen molar-refractivity contribution in [3.05, 3.63) is 52.8 Å². The quantitative estimate of drug-likeness (QED) is 0.510. The number of sulfonamides is 1. The lowest BCUT2D eigenvalue weighted by molar-refractivity contribution is 0.0474. The Morgan fingerprint density at radius 3 is 2.50 bits per heavy atom. The van der Waals surface area contributed by atoms with Crippen LogP contribution < -0.4 is 4.72 Å². The highest BCUT2D eigenvalue weighted by Crippen LogP contribution is 2.17. The van der Waals surface area contributed by atoms with Crippen LogP contribution in [0.2, 0.25) is 0 Å². The summed E-state index contributed by atoms with van der Waals surface area (Å²) in [5.74, 6) is -1.04. The van der Waals surface area contributed by atoms with E-state index in [1.165, 1.54) is 24.3 Å². The van der Waals surface area contributed by atoms with Gasteiger partial charge in [0.25, 0.3) is 0 Å². The molecule has 0 saturated carbocycles. The van der Waals surface area contributed by atoms with Gasteiger partial charge in [-0.05, 0) is 44.5 Å². The Morgan fingerprint density at radius 2 is 1.86 bits per heavy atom. The maximum Gasteiger partial charge on any atom is 0.338 e. The summed E-state index contributed by atoms with van der Waals surface area (Å²) in [6, 6.07) is 7.33. The van der Waals surface area contributed by atoms with Gasteiger partial charge < -0.3 is 9.30 Å². The number of nitrogens with one attached hydrogen (secondary N) is 1. The average molecular weight is 407 g/mol. The monoisotopic (exact) mass is 406 g/mol. The van der Waals surface area contributed by atoms with Crippen LogP contribution in [0, 0.1) is 13.8 Å². The maximum absolute atomic E-state index is 12.5. The topological polar surface area (TPSA) is 94.5 Å². The van der Waals surface area contributed by atoms with Crippen LogP contribution in [0.25, 0.3) is 0 Å². The minimum absolute atomic E-state index is 0.0294. The number of Topliss-reactive ketones (excluding diaryl/α,β-unsaturated/α-hetero) is 1. The SMILES string of the molecule is CCCn1c(C)cc(C(=O)COC(=O)c2cccc(S(=O)(=O)NCC)c2)c1C. The van der Waals surface area contributed by atoms with Gasteiger partial charge in [0.1, 0.15) is 0 Å². The second-order valence-electron chi connectivity index (χ2n) is 6.46. The number of aryl methyl sites for hydroxylation is 1. The minimum atomic E-state index is -3.68. The fourth-order valence-corrected chi connectivity index (χ4v) is 4.09. The number of rotatable bonds is 9. The second kappa shape index (κ2) is 9.16. The first-order valence-electron chi connectivity index (χ1n) is 9.18. The predicted octanol–water partition coefficient (Wildman–Crippen LogP) is 2.85. The molecule has 152 valence electrons. The molecule has 28 heavy (non-hydrogen) atoms. The van der Waals surface area contributed by atoms with E-state index >= 15 is 0 Å². The largest absolute Gasteiger partial charge is 0.454 e. The Bertz CT molecular complexity index is 976. The van der Waals surface area contributed by atoms with Crippen molar-refractivity contribution in [3.63, 3.8) is 0 Å². The van der Waals surface area contributed by atoms with Crippen LogP contribution in [0.5, 0.6) is 0 Å². The number of ketones is 1. The van der Waals surface area contributed by atoms with Crippen molar-refractivity contribution < 1.29 is 22.7 Å². The number of ether oxygens (including phenoxy) is 1. The number of carbonyl (C=O) groups is 2. The van der Waals surface area contributed by atoms with Crippen molar-refractivity contribution in [1.29, 1.82) is 0 Å². The van der Waals surface area contributed by atoms with E-state index in [9.17, 15) is 18.0 Å². The van der Waals surface area contributed by atoms with Gasteiger partial charge in [0.2, 0.25) is 15.8 Å². The molecule has 2 aromatic rings. The molecule has 0 amide bonds. The molecule has 0 atom stereocenters. The molecular formula is C20H26N2O5S. The molecule has 1 aromatic heterocycles. The Morgan fingerprint density at radius 1 is 1.14 bits per heavy atom. The fraction of sp³-hybridized carbons (Fsp3) is 0.400. The molecule has 0 fully saturated rings. The first kappa shape index (κ1) is 21.8. The van der Waals surface area contributed by atoms with Crippen LogP contribution in [-0.4, -0.2) is 37.9 Å². The van der Waals surface area contributed by atoms with Gasteiger partial charge in [0.15, 0.2) is 6.61 Å². The molecule has 0 bridgehead atoms. The average Bonchev–Trinajstić information content (AvgIpc) is 2.94. The molecule has 0 aliphatic heterocycles. The second-order valence-corrected chi connectivity index (χ2v) is 8.23. The van der Waals surface area contributed by atoms with Crippen LogP contribution in [-0.2, 0) is 21.3 Å². The van der Waals surface area contributed by atoms with Crippen LogP contribution in [0.1, 0.15) is 52.4 Å². The summed E-state index contributed by atoms with van der Waals surface area (Å²) >= 11 is 0. The third kappa shape index (κ3) is 4.88. The highest BCUT2D eigenvalue weighted by atomic mass is 32.2. The van der Waals surface area contributed by atoms with Crippen LogP contribution >= 0.6 is 0 Å². The zero-order valence-corrected chi connectivity index (χ0v) is 17.4. The van der Waals surface area contributed by atoms with Crippen LogP contribution in [0.3, 0.4) is 0 Å². The number of esters is 1. The van der Waals surface area contributed by atoms with Gasteiger partial charge in [-0.15, -0.1) is 0 Å². The lowest BCUT2D eigenvalue weighted by atomic mass is 10.1. The number of aromatic nitrogens is 1. The number of hydrogen-bond donors (Lipinski definition) is 1. The van der Waals surface area contributed by atoms with Crippen LogP contribution in [0.15, 0.2) is 35.2 Å². The molecule has 1 N–H and O–H groups in total. The summed E-state index contributed by atoms with van der Waals surface area (Å²) in [5.41, 5.74) is 2.43.